The minimum Gasteiger partial charge on any atom is -0.497 e. The molecule has 0 bridgehead atoms. The number of carbonyl (C=O) groups excluding carboxylic acids is 1. The van der Waals surface area contributed by atoms with E-state index < -0.39 is 10.0 Å². The van der Waals surface area contributed by atoms with Crippen LogP contribution in [0.1, 0.15) is 10.4 Å². The highest BCUT2D eigenvalue weighted by molar-refractivity contribution is 7.92. The van der Waals surface area contributed by atoms with Gasteiger partial charge in [0, 0.05) is 38.1 Å². The van der Waals surface area contributed by atoms with Crippen molar-refractivity contribution < 1.29 is 22.3 Å². The van der Waals surface area contributed by atoms with Gasteiger partial charge >= 0.3 is 0 Å². The number of hydrogen-bond donors (Lipinski definition) is 1. The van der Waals surface area contributed by atoms with Crippen LogP contribution in [0.5, 0.6) is 5.75 Å². The standard InChI is InChI=1S/C23H23FN4O4S/c1-32-21-6-8-22(9-7-21)33(30,31)26-19-14-17(15-25-16-19)23(29)28-12-10-27(11-13-28)20-4-2-18(24)3-5-20/h2-9,14-16,26H,10-13H2,1H3. The molecule has 1 aliphatic rings. The summed E-state index contributed by atoms with van der Waals surface area (Å²) in [6.45, 7) is 2.18. The number of benzene rings is 2. The third-order valence-electron chi connectivity index (χ3n) is 5.37. The number of pyridine rings is 1. The van der Waals surface area contributed by atoms with Crippen molar-refractivity contribution in [1.82, 2.24) is 9.88 Å². The number of carbonyl (C=O) groups is 1. The molecule has 1 aliphatic heterocycles. The van der Waals surface area contributed by atoms with Gasteiger partial charge in [-0.3, -0.25) is 14.5 Å². The molecule has 1 aromatic heterocycles. The molecule has 10 heteroatoms. The Morgan fingerprint density at radius 1 is 1.00 bits per heavy atom. The number of ether oxygens (including phenoxy) is 1. The minimum absolute atomic E-state index is 0.0666. The Hall–Kier alpha value is -3.66. The quantitative estimate of drug-likeness (QED) is 0.596. The Kier molecular flexibility index (Phi) is 6.45. The zero-order valence-electron chi connectivity index (χ0n) is 17.9. The molecule has 1 saturated heterocycles. The first kappa shape index (κ1) is 22.5. The lowest BCUT2D eigenvalue weighted by molar-refractivity contribution is 0.0746. The highest BCUT2D eigenvalue weighted by Gasteiger charge is 2.23. The third-order valence-corrected chi connectivity index (χ3v) is 6.76. The van der Waals surface area contributed by atoms with E-state index in [2.05, 4.69) is 14.6 Å². The molecular formula is C23H23FN4O4S. The summed E-state index contributed by atoms with van der Waals surface area (Å²) in [4.78, 5) is 20.9. The summed E-state index contributed by atoms with van der Waals surface area (Å²) in [6, 6.07) is 13.7. The summed E-state index contributed by atoms with van der Waals surface area (Å²) in [7, 11) is -2.35. The van der Waals surface area contributed by atoms with Crippen molar-refractivity contribution in [1.29, 1.82) is 0 Å². The third kappa shape index (κ3) is 5.23. The van der Waals surface area contributed by atoms with Gasteiger partial charge in [0.25, 0.3) is 15.9 Å². The summed E-state index contributed by atoms with van der Waals surface area (Å²) in [6.07, 6.45) is 2.77. The van der Waals surface area contributed by atoms with Gasteiger partial charge in [-0.25, -0.2) is 12.8 Å². The fourth-order valence-corrected chi connectivity index (χ4v) is 4.62. The number of piperazine rings is 1. The van der Waals surface area contributed by atoms with E-state index in [-0.39, 0.29) is 22.3 Å². The maximum atomic E-state index is 13.1. The van der Waals surface area contributed by atoms with Crippen LogP contribution < -0.4 is 14.4 Å². The van der Waals surface area contributed by atoms with Gasteiger partial charge in [-0.1, -0.05) is 0 Å². The SMILES string of the molecule is COc1ccc(S(=O)(=O)Nc2cncc(C(=O)N3CCN(c4ccc(F)cc4)CC3)c2)cc1. The van der Waals surface area contributed by atoms with E-state index >= 15 is 0 Å². The van der Waals surface area contributed by atoms with Gasteiger partial charge in [-0.2, -0.15) is 0 Å². The lowest BCUT2D eigenvalue weighted by Crippen LogP contribution is -2.48. The number of amides is 1. The summed E-state index contributed by atoms with van der Waals surface area (Å²) < 4.78 is 46.0. The van der Waals surface area contributed by atoms with Crippen LogP contribution in [-0.2, 0) is 10.0 Å². The van der Waals surface area contributed by atoms with Crippen molar-refractivity contribution in [2.24, 2.45) is 0 Å². The van der Waals surface area contributed by atoms with Gasteiger partial charge in [0.1, 0.15) is 11.6 Å². The number of methoxy groups -OCH3 is 1. The molecule has 1 fully saturated rings. The number of hydrogen-bond acceptors (Lipinski definition) is 6. The van der Waals surface area contributed by atoms with Crippen LogP contribution in [0.25, 0.3) is 0 Å². The van der Waals surface area contributed by atoms with E-state index in [1.807, 2.05) is 0 Å². The average Bonchev–Trinajstić information content (AvgIpc) is 2.84. The molecule has 0 spiro atoms. The molecule has 2 aromatic carbocycles. The van der Waals surface area contributed by atoms with E-state index in [1.54, 1.807) is 29.2 Å². The molecule has 0 aliphatic carbocycles. The number of halogens is 1. The first-order valence-electron chi connectivity index (χ1n) is 10.3. The van der Waals surface area contributed by atoms with E-state index in [0.29, 0.717) is 37.5 Å². The van der Waals surface area contributed by atoms with Crippen LogP contribution in [0, 0.1) is 5.82 Å². The fraction of sp³-hybridized carbons (Fsp3) is 0.217. The molecule has 0 atom stereocenters. The Morgan fingerprint density at radius 3 is 2.30 bits per heavy atom. The average molecular weight is 471 g/mol. The maximum Gasteiger partial charge on any atom is 0.261 e. The Balaban J connectivity index is 1.42. The number of sulfonamides is 1. The monoisotopic (exact) mass is 470 g/mol. The molecule has 33 heavy (non-hydrogen) atoms. The smallest absolute Gasteiger partial charge is 0.261 e. The van der Waals surface area contributed by atoms with Gasteiger partial charge in [0.05, 0.1) is 29.5 Å². The van der Waals surface area contributed by atoms with E-state index in [1.165, 1.54) is 49.8 Å². The molecule has 0 saturated carbocycles. The number of nitrogens with one attached hydrogen (secondary N) is 1. The van der Waals surface area contributed by atoms with Gasteiger partial charge in [-0.05, 0) is 54.6 Å². The first-order chi connectivity index (χ1) is 15.9. The summed E-state index contributed by atoms with van der Waals surface area (Å²) in [5, 5.41) is 0. The maximum absolute atomic E-state index is 13.1. The topological polar surface area (TPSA) is 91.8 Å². The van der Waals surface area contributed by atoms with Crippen LogP contribution in [0.4, 0.5) is 15.8 Å². The zero-order chi connectivity index (χ0) is 23.4. The van der Waals surface area contributed by atoms with Crippen molar-refractivity contribution in [2.45, 2.75) is 4.90 Å². The number of aromatic nitrogens is 1. The van der Waals surface area contributed by atoms with Crippen LogP contribution in [0.15, 0.2) is 71.9 Å². The van der Waals surface area contributed by atoms with Crippen molar-refractivity contribution in [3.8, 4) is 5.75 Å². The molecule has 8 nitrogen and oxygen atoms in total. The van der Waals surface area contributed by atoms with Gasteiger partial charge in [0.2, 0.25) is 0 Å². The highest BCUT2D eigenvalue weighted by Crippen LogP contribution is 2.21. The predicted molar refractivity (Wildman–Crippen MR) is 123 cm³/mol. The molecular weight excluding hydrogens is 447 g/mol. The molecule has 1 N–H and O–H groups in total. The molecule has 3 aromatic rings. The molecule has 0 radical (unpaired) electrons. The second-order valence-electron chi connectivity index (χ2n) is 7.50. The molecule has 4 rings (SSSR count). The summed E-state index contributed by atoms with van der Waals surface area (Å²) in [5.74, 6) is 0.0250. The second-order valence-corrected chi connectivity index (χ2v) is 9.18. The zero-order valence-corrected chi connectivity index (χ0v) is 18.8. The van der Waals surface area contributed by atoms with Crippen LogP contribution in [-0.4, -0.2) is 57.5 Å². The molecule has 172 valence electrons. The first-order valence-corrected chi connectivity index (χ1v) is 11.8. The van der Waals surface area contributed by atoms with E-state index in [0.717, 1.165) is 5.69 Å². The number of rotatable bonds is 6. The molecule has 1 amide bonds. The lowest BCUT2D eigenvalue weighted by Gasteiger charge is -2.36. The number of anilines is 2. The van der Waals surface area contributed by atoms with Crippen LogP contribution in [0.3, 0.4) is 0 Å². The molecule has 0 unspecified atom stereocenters. The van der Waals surface area contributed by atoms with Crippen molar-refractivity contribution in [3.63, 3.8) is 0 Å². The highest BCUT2D eigenvalue weighted by atomic mass is 32.2. The lowest BCUT2D eigenvalue weighted by atomic mass is 10.2. The van der Waals surface area contributed by atoms with Gasteiger partial charge in [0.15, 0.2) is 0 Å². The van der Waals surface area contributed by atoms with Crippen molar-refractivity contribution >= 4 is 27.3 Å². The van der Waals surface area contributed by atoms with E-state index in [4.69, 9.17) is 4.74 Å². The van der Waals surface area contributed by atoms with Crippen LogP contribution in [0.2, 0.25) is 0 Å². The van der Waals surface area contributed by atoms with Crippen LogP contribution >= 0.6 is 0 Å². The second kappa shape index (κ2) is 9.45. The Labute approximate surface area is 191 Å². The Morgan fingerprint density at radius 2 is 1.67 bits per heavy atom. The van der Waals surface area contributed by atoms with E-state index in [9.17, 15) is 17.6 Å². The molecule has 2 heterocycles. The Bertz CT molecular complexity index is 1230. The minimum atomic E-state index is -3.85. The fourth-order valence-electron chi connectivity index (χ4n) is 3.58. The summed E-state index contributed by atoms with van der Waals surface area (Å²) >= 11 is 0. The largest absolute Gasteiger partial charge is 0.497 e. The predicted octanol–water partition coefficient (Wildman–Crippen LogP) is 2.99. The van der Waals surface area contributed by atoms with Crippen molar-refractivity contribution in [2.75, 3.05) is 42.9 Å². The van der Waals surface area contributed by atoms with Gasteiger partial charge < -0.3 is 14.5 Å². The summed E-state index contributed by atoms with van der Waals surface area (Å²) in [5.41, 5.74) is 1.39. The van der Waals surface area contributed by atoms with Crippen molar-refractivity contribution in [3.05, 3.63) is 78.4 Å². The number of nitrogens with zero attached hydrogens (tertiary/aromatic N) is 3. The van der Waals surface area contributed by atoms with Gasteiger partial charge in [-0.15, -0.1) is 0 Å². The normalized spacial score (nSPS) is 14.1.